The van der Waals surface area contributed by atoms with Crippen LogP contribution in [-0.4, -0.2) is 23.0 Å². The second kappa shape index (κ2) is 9.38. The molecule has 1 unspecified atom stereocenters. The summed E-state index contributed by atoms with van der Waals surface area (Å²) in [4.78, 5) is 35.0. The Morgan fingerprint density at radius 1 is 0.800 bits per heavy atom. The van der Waals surface area contributed by atoms with E-state index in [1.54, 1.807) is 36.4 Å². The lowest BCUT2D eigenvalue weighted by molar-refractivity contribution is -0.137. The van der Waals surface area contributed by atoms with E-state index < -0.39 is 12.0 Å². The van der Waals surface area contributed by atoms with Gasteiger partial charge in [-0.1, -0.05) is 48.5 Å². The van der Waals surface area contributed by atoms with Gasteiger partial charge in [0.05, 0.1) is 6.42 Å². The molecule has 152 valence electrons. The predicted molar refractivity (Wildman–Crippen MR) is 115 cm³/mol. The van der Waals surface area contributed by atoms with Gasteiger partial charge in [-0.25, -0.2) is 4.79 Å². The third kappa shape index (κ3) is 5.45. The lowest BCUT2D eigenvalue weighted by Crippen LogP contribution is -2.20. The van der Waals surface area contributed by atoms with Gasteiger partial charge in [0.25, 0.3) is 5.91 Å². The number of urea groups is 1. The number of rotatable bonds is 7. The normalized spacial score (nSPS) is 11.3. The van der Waals surface area contributed by atoms with Crippen LogP contribution in [-0.2, 0) is 4.79 Å². The summed E-state index contributed by atoms with van der Waals surface area (Å²) >= 11 is 0. The van der Waals surface area contributed by atoms with Gasteiger partial charge in [-0.3, -0.25) is 9.59 Å². The van der Waals surface area contributed by atoms with Crippen molar-refractivity contribution in [3.8, 4) is 0 Å². The summed E-state index contributed by atoms with van der Waals surface area (Å²) in [6, 6.07) is 22.2. The number of nitrogens with one attached hydrogen (secondary N) is 2. The summed E-state index contributed by atoms with van der Waals surface area (Å²) in [5, 5.41) is 14.6. The summed E-state index contributed by atoms with van der Waals surface area (Å²) in [6.45, 7) is 0. The highest BCUT2D eigenvalue weighted by molar-refractivity contribution is 6.05. The molecule has 0 heterocycles. The van der Waals surface area contributed by atoms with Crippen LogP contribution >= 0.6 is 0 Å². The first kappa shape index (κ1) is 20.6. The number of nitrogens with two attached hydrogens (primary N) is 1. The number of amides is 3. The molecule has 0 saturated carbocycles. The molecule has 0 saturated heterocycles. The summed E-state index contributed by atoms with van der Waals surface area (Å²) in [5.74, 6) is -1.62. The Labute approximate surface area is 173 Å². The zero-order valence-corrected chi connectivity index (χ0v) is 16.0. The molecule has 3 rings (SSSR count). The molecule has 7 heteroatoms. The minimum Gasteiger partial charge on any atom is -0.481 e. The van der Waals surface area contributed by atoms with Crippen molar-refractivity contribution in [1.29, 1.82) is 0 Å². The highest BCUT2D eigenvalue weighted by atomic mass is 16.4. The molecule has 3 aromatic carbocycles. The van der Waals surface area contributed by atoms with Crippen molar-refractivity contribution in [2.75, 3.05) is 10.6 Å². The summed E-state index contributed by atoms with van der Waals surface area (Å²) in [5.41, 5.74) is 8.07. The maximum atomic E-state index is 12.6. The van der Waals surface area contributed by atoms with Crippen LogP contribution in [0.3, 0.4) is 0 Å². The second-order valence-electron chi connectivity index (χ2n) is 6.71. The van der Waals surface area contributed by atoms with E-state index in [9.17, 15) is 19.5 Å². The Hall–Kier alpha value is -4.13. The standard InChI is InChI=1S/C23H21N3O4/c24-23(30)26-19-11-5-9-17(13-19)22(29)25-18-10-4-8-16(12-18)20(14-21(27)28)15-6-2-1-3-7-15/h1-13,20H,14H2,(H,25,29)(H,27,28)(H3,24,26,30). The number of benzene rings is 3. The van der Waals surface area contributed by atoms with E-state index in [0.717, 1.165) is 11.1 Å². The Bertz CT molecular complexity index is 1070. The van der Waals surface area contributed by atoms with Gasteiger partial charge in [-0.15, -0.1) is 0 Å². The first-order valence-corrected chi connectivity index (χ1v) is 9.27. The average Bonchev–Trinajstić information content (AvgIpc) is 2.72. The van der Waals surface area contributed by atoms with Gasteiger partial charge in [0.2, 0.25) is 0 Å². The number of carbonyl (C=O) groups excluding carboxylic acids is 2. The number of aliphatic carboxylic acids is 1. The Morgan fingerprint density at radius 3 is 2.10 bits per heavy atom. The van der Waals surface area contributed by atoms with E-state index >= 15 is 0 Å². The smallest absolute Gasteiger partial charge is 0.316 e. The first-order chi connectivity index (χ1) is 14.4. The van der Waals surface area contributed by atoms with Crippen molar-refractivity contribution in [1.82, 2.24) is 0 Å². The number of carbonyl (C=O) groups is 3. The minimum absolute atomic E-state index is 0.0672. The maximum Gasteiger partial charge on any atom is 0.316 e. The van der Waals surface area contributed by atoms with Gasteiger partial charge in [-0.2, -0.15) is 0 Å². The van der Waals surface area contributed by atoms with Gasteiger partial charge in [0.1, 0.15) is 0 Å². The van der Waals surface area contributed by atoms with Crippen LogP contribution in [0.25, 0.3) is 0 Å². The number of hydrogen-bond acceptors (Lipinski definition) is 3. The van der Waals surface area contributed by atoms with Crippen molar-refractivity contribution in [2.45, 2.75) is 12.3 Å². The van der Waals surface area contributed by atoms with Gasteiger partial charge in [-0.05, 0) is 41.5 Å². The molecule has 0 aromatic heterocycles. The number of anilines is 2. The fourth-order valence-electron chi connectivity index (χ4n) is 3.21. The molecule has 3 aromatic rings. The van der Waals surface area contributed by atoms with Crippen molar-refractivity contribution >= 4 is 29.3 Å². The SMILES string of the molecule is NC(=O)Nc1cccc(C(=O)Nc2cccc(C(CC(=O)O)c3ccccc3)c2)c1. The zero-order chi connectivity index (χ0) is 21.5. The Balaban J connectivity index is 1.83. The third-order valence-corrected chi connectivity index (χ3v) is 4.52. The molecule has 7 nitrogen and oxygen atoms in total. The maximum absolute atomic E-state index is 12.6. The first-order valence-electron chi connectivity index (χ1n) is 9.27. The van der Waals surface area contributed by atoms with E-state index in [-0.39, 0.29) is 18.2 Å². The summed E-state index contributed by atoms with van der Waals surface area (Å²) in [6.07, 6.45) is -0.0672. The summed E-state index contributed by atoms with van der Waals surface area (Å²) < 4.78 is 0. The second-order valence-corrected chi connectivity index (χ2v) is 6.71. The van der Waals surface area contributed by atoms with Crippen LogP contribution in [0.1, 0.15) is 33.8 Å². The molecule has 0 spiro atoms. The van der Waals surface area contributed by atoms with E-state index in [0.29, 0.717) is 16.9 Å². The molecular weight excluding hydrogens is 382 g/mol. The van der Waals surface area contributed by atoms with Crippen LogP contribution in [0, 0.1) is 0 Å². The van der Waals surface area contributed by atoms with Crippen LogP contribution in [0.15, 0.2) is 78.9 Å². The fourth-order valence-corrected chi connectivity index (χ4v) is 3.21. The molecule has 5 N–H and O–H groups in total. The Morgan fingerprint density at radius 2 is 1.43 bits per heavy atom. The van der Waals surface area contributed by atoms with Crippen LogP contribution in [0.5, 0.6) is 0 Å². The highest BCUT2D eigenvalue weighted by Gasteiger charge is 2.18. The monoisotopic (exact) mass is 403 g/mol. The average molecular weight is 403 g/mol. The molecule has 0 bridgehead atoms. The molecular formula is C23H21N3O4. The fraction of sp³-hybridized carbons (Fsp3) is 0.0870. The largest absolute Gasteiger partial charge is 0.481 e. The van der Waals surface area contributed by atoms with Crippen molar-refractivity contribution in [2.24, 2.45) is 5.73 Å². The number of carboxylic acids is 1. The zero-order valence-electron chi connectivity index (χ0n) is 16.0. The van der Waals surface area contributed by atoms with Crippen LogP contribution < -0.4 is 16.4 Å². The molecule has 1 atom stereocenters. The van der Waals surface area contributed by atoms with E-state index in [4.69, 9.17) is 5.73 Å². The van der Waals surface area contributed by atoms with Crippen molar-refractivity contribution in [3.05, 3.63) is 95.6 Å². The van der Waals surface area contributed by atoms with E-state index in [1.807, 2.05) is 36.4 Å². The quantitative estimate of drug-likeness (QED) is 0.476. The van der Waals surface area contributed by atoms with Crippen LogP contribution in [0.2, 0.25) is 0 Å². The minimum atomic E-state index is -0.906. The molecule has 0 aliphatic carbocycles. The molecule has 0 aliphatic heterocycles. The number of carboxylic acid groups (broad SMARTS) is 1. The molecule has 3 amide bonds. The highest BCUT2D eigenvalue weighted by Crippen LogP contribution is 2.29. The van der Waals surface area contributed by atoms with Gasteiger partial charge >= 0.3 is 12.0 Å². The number of hydrogen-bond donors (Lipinski definition) is 4. The molecule has 30 heavy (non-hydrogen) atoms. The molecule has 0 radical (unpaired) electrons. The number of primary amides is 1. The van der Waals surface area contributed by atoms with E-state index in [2.05, 4.69) is 10.6 Å². The summed E-state index contributed by atoms with van der Waals surface area (Å²) in [7, 11) is 0. The van der Waals surface area contributed by atoms with Gasteiger partial charge in [0.15, 0.2) is 0 Å². The van der Waals surface area contributed by atoms with Crippen molar-refractivity contribution < 1.29 is 19.5 Å². The van der Waals surface area contributed by atoms with Gasteiger partial charge in [0, 0.05) is 22.9 Å². The predicted octanol–water partition coefficient (Wildman–Crippen LogP) is 4.04. The lowest BCUT2D eigenvalue weighted by Gasteiger charge is -2.17. The molecule has 0 fully saturated rings. The van der Waals surface area contributed by atoms with E-state index in [1.165, 1.54) is 6.07 Å². The Kier molecular flexibility index (Phi) is 6.44. The lowest BCUT2D eigenvalue weighted by atomic mass is 9.88. The topological polar surface area (TPSA) is 122 Å². The third-order valence-electron chi connectivity index (χ3n) is 4.52. The van der Waals surface area contributed by atoms with Crippen LogP contribution in [0.4, 0.5) is 16.2 Å². The van der Waals surface area contributed by atoms with Crippen molar-refractivity contribution in [3.63, 3.8) is 0 Å². The molecule has 0 aliphatic rings. The van der Waals surface area contributed by atoms with Gasteiger partial charge < -0.3 is 21.5 Å².